The summed E-state index contributed by atoms with van der Waals surface area (Å²) < 4.78 is 0. The number of benzene rings is 2. The van der Waals surface area contributed by atoms with Crippen LogP contribution in [0, 0.1) is 0 Å². The number of fused-ring (bicyclic) bond motifs is 1. The molecular weight excluding hydrogens is 262 g/mol. The van der Waals surface area contributed by atoms with Crippen molar-refractivity contribution >= 4 is 34.2 Å². The van der Waals surface area contributed by atoms with Crippen LogP contribution in [0.1, 0.15) is 10.4 Å². The van der Waals surface area contributed by atoms with Crippen LogP contribution in [0.4, 0.5) is 5.69 Å². The normalized spacial score (nSPS) is 10.6. The summed E-state index contributed by atoms with van der Waals surface area (Å²) in [6.07, 6.45) is 1.57. The first kappa shape index (κ1) is 11.7. The lowest BCUT2D eigenvalue weighted by atomic mass is 10.1. The second kappa shape index (κ2) is 4.74. The molecular formula is C14H10ClN3O. The largest absolute Gasteiger partial charge is 0.345 e. The van der Waals surface area contributed by atoms with E-state index < -0.39 is 0 Å². The van der Waals surface area contributed by atoms with Gasteiger partial charge in [-0.2, -0.15) is 0 Å². The average molecular weight is 272 g/mol. The molecule has 1 aromatic heterocycles. The molecule has 1 heterocycles. The molecule has 1 amide bonds. The molecule has 0 atom stereocenters. The third-order valence-electron chi connectivity index (χ3n) is 2.82. The smallest absolute Gasteiger partial charge is 0.257 e. The third-order valence-corrected chi connectivity index (χ3v) is 3.15. The van der Waals surface area contributed by atoms with Gasteiger partial charge in [-0.3, -0.25) is 4.79 Å². The van der Waals surface area contributed by atoms with E-state index in [1.165, 1.54) is 0 Å². The Kier molecular flexibility index (Phi) is 2.93. The predicted octanol–water partition coefficient (Wildman–Crippen LogP) is 3.47. The lowest BCUT2D eigenvalue weighted by Gasteiger charge is -2.07. The van der Waals surface area contributed by atoms with E-state index in [9.17, 15) is 4.79 Å². The number of halogens is 1. The second-order valence-electron chi connectivity index (χ2n) is 4.04. The summed E-state index contributed by atoms with van der Waals surface area (Å²) in [5.74, 6) is -0.231. The van der Waals surface area contributed by atoms with Gasteiger partial charge in [0.05, 0.1) is 28.1 Å². The number of hydrogen-bond acceptors (Lipinski definition) is 2. The van der Waals surface area contributed by atoms with Crippen molar-refractivity contribution in [2.75, 3.05) is 5.32 Å². The van der Waals surface area contributed by atoms with Crippen molar-refractivity contribution in [3.63, 3.8) is 0 Å². The molecule has 0 unspecified atom stereocenters. The zero-order valence-corrected chi connectivity index (χ0v) is 10.6. The predicted molar refractivity (Wildman–Crippen MR) is 75.5 cm³/mol. The van der Waals surface area contributed by atoms with Gasteiger partial charge in [-0.1, -0.05) is 29.8 Å². The van der Waals surface area contributed by atoms with E-state index in [2.05, 4.69) is 15.3 Å². The number of anilines is 1. The van der Waals surface area contributed by atoms with Gasteiger partial charge in [-0.25, -0.2) is 4.98 Å². The number of amides is 1. The first-order chi connectivity index (χ1) is 9.25. The lowest BCUT2D eigenvalue weighted by molar-refractivity contribution is 0.102. The fourth-order valence-electron chi connectivity index (χ4n) is 1.90. The van der Waals surface area contributed by atoms with E-state index in [0.29, 0.717) is 21.8 Å². The fraction of sp³-hybridized carbons (Fsp3) is 0. The number of imidazole rings is 1. The molecule has 0 saturated carbocycles. The van der Waals surface area contributed by atoms with Gasteiger partial charge in [-0.05, 0) is 24.3 Å². The molecule has 4 nitrogen and oxygen atoms in total. The maximum Gasteiger partial charge on any atom is 0.257 e. The van der Waals surface area contributed by atoms with Crippen molar-refractivity contribution in [2.45, 2.75) is 0 Å². The molecule has 0 radical (unpaired) electrons. The van der Waals surface area contributed by atoms with Crippen molar-refractivity contribution in [1.82, 2.24) is 9.97 Å². The highest BCUT2D eigenvalue weighted by molar-refractivity contribution is 6.34. The van der Waals surface area contributed by atoms with Gasteiger partial charge in [-0.15, -0.1) is 0 Å². The Morgan fingerprint density at radius 1 is 1.16 bits per heavy atom. The van der Waals surface area contributed by atoms with Gasteiger partial charge in [0, 0.05) is 0 Å². The first-order valence-electron chi connectivity index (χ1n) is 5.73. The molecule has 19 heavy (non-hydrogen) atoms. The number of aromatic amines is 1. The minimum atomic E-state index is -0.231. The third kappa shape index (κ3) is 2.18. The van der Waals surface area contributed by atoms with Crippen LogP contribution in [0.15, 0.2) is 48.8 Å². The Hall–Kier alpha value is -2.33. The monoisotopic (exact) mass is 271 g/mol. The van der Waals surface area contributed by atoms with Gasteiger partial charge in [0.15, 0.2) is 0 Å². The highest BCUT2D eigenvalue weighted by atomic mass is 35.5. The Balaban J connectivity index is 1.97. The van der Waals surface area contributed by atoms with Gasteiger partial charge in [0.25, 0.3) is 5.91 Å². The lowest BCUT2D eigenvalue weighted by Crippen LogP contribution is -2.12. The SMILES string of the molecule is O=C(Nc1ccccc1Cl)c1cccc2[nH]cnc12. The number of nitrogens with zero attached hydrogens (tertiary/aromatic N) is 1. The van der Waals surface area contributed by atoms with Crippen LogP contribution in [0.5, 0.6) is 0 Å². The van der Waals surface area contributed by atoms with Gasteiger partial charge < -0.3 is 10.3 Å². The van der Waals surface area contributed by atoms with Crippen molar-refractivity contribution in [1.29, 1.82) is 0 Å². The van der Waals surface area contributed by atoms with Crippen LogP contribution >= 0.6 is 11.6 Å². The molecule has 0 aliphatic heterocycles. The van der Waals surface area contributed by atoms with E-state index in [4.69, 9.17) is 11.6 Å². The van der Waals surface area contributed by atoms with Crippen LogP contribution in [0.25, 0.3) is 11.0 Å². The van der Waals surface area contributed by atoms with Crippen molar-refractivity contribution < 1.29 is 4.79 Å². The fourth-order valence-corrected chi connectivity index (χ4v) is 2.08. The minimum Gasteiger partial charge on any atom is -0.345 e. The molecule has 0 fully saturated rings. The highest BCUT2D eigenvalue weighted by Crippen LogP contribution is 2.22. The molecule has 5 heteroatoms. The highest BCUT2D eigenvalue weighted by Gasteiger charge is 2.12. The van der Waals surface area contributed by atoms with Crippen LogP contribution in [0.3, 0.4) is 0 Å². The number of carbonyl (C=O) groups is 1. The molecule has 94 valence electrons. The van der Waals surface area contributed by atoms with E-state index >= 15 is 0 Å². The van der Waals surface area contributed by atoms with Crippen LogP contribution in [-0.4, -0.2) is 15.9 Å². The second-order valence-corrected chi connectivity index (χ2v) is 4.45. The molecule has 0 aliphatic rings. The molecule has 2 aromatic carbocycles. The Bertz CT molecular complexity index is 751. The minimum absolute atomic E-state index is 0.231. The van der Waals surface area contributed by atoms with E-state index in [1.807, 2.05) is 24.3 Å². The number of H-pyrrole nitrogens is 1. The van der Waals surface area contributed by atoms with Crippen molar-refractivity contribution in [3.05, 3.63) is 59.4 Å². The zero-order chi connectivity index (χ0) is 13.2. The molecule has 0 bridgehead atoms. The summed E-state index contributed by atoms with van der Waals surface area (Å²) in [4.78, 5) is 19.4. The number of hydrogen-bond donors (Lipinski definition) is 2. The summed E-state index contributed by atoms with van der Waals surface area (Å²) in [7, 11) is 0. The number of carbonyl (C=O) groups excluding carboxylic acids is 1. The molecule has 3 aromatic rings. The Labute approximate surface area is 114 Å². The summed E-state index contributed by atoms with van der Waals surface area (Å²) >= 11 is 6.02. The van der Waals surface area contributed by atoms with Gasteiger partial charge in [0.1, 0.15) is 5.52 Å². The van der Waals surface area contributed by atoms with Crippen molar-refractivity contribution in [2.24, 2.45) is 0 Å². The summed E-state index contributed by atoms with van der Waals surface area (Å²) in [6.45, 7) is 0. The van der Waals surface area contributed by atoms with E-state index in [-0.39, 0.29) is 5.91 Å². The average Bonchev–Trinajstić information content (AvgIpc) is 2.89. The molecule has 3 rings (SSSR count). The number of aromatic nitrogens is 2. The molecule has 0 aliphatic carbocycles. The summed E-state index contributed by atoms with van der Waals surface area (Å²) in [6, 6.07) is 12.5. The van der Waals surface area contributed by atoms with Crippen LogP contribution in [-0.2, 0) is 0 Å². The Morgan fingerprint density at radius 3 is 2.84 bits per heavy atom. The van der Waals surface area contributed by atoms with Crippen LogP contribution in [0.2, 0.25) is 5.02 Å². The molecule has 2 N–H and O–H groups in total. The molecule has 0 saturated heterocycles. The number of para-hydroxylation sites is 2. The topological polar surface area (TPSA) is 57.8 Å². The molecule has 0 spiro atoms. The number of rotatable bonds is 2. The first-order valence-corrected chi connectivity index (χ1v) is 6.11. The van der Waals surface area contributed by atoms with Crippen molar-refractivity contribution in [3.8, 4) is 0 Å². The summed E-state index contributed by atoms with van der Waals surface area (Å²) in [5.41, 5.74) is 2.57. The van der Waals surface area contributed by atoms with Gasteiger partial charge >= 0.3 is 0 Å². The van der Waals surface area contributed by atoms with Gasteiger partial charge in [0.2, 0.25) is 0 Å². The summed E-state index contributed by atoms with van der Waals surface area (Å²) in [5, 5.41) is 3.29. The zero-order valence-electron chi connectivity index (χ0n) is 9.85. The quantitative estimate of drug-likeness (QED) is 0.750. The Morgan fingerprint density at radius 2 is 2.00 bits per heavy atom. The van der Waals surface area contributed by atoms with E-state index in [1.54, 1.807) is 24.5 Å². The number of nitrogens with one attached hydrogen (secondary N) is 2. The maximum absolute atomic E-state index is 12.3. The van der Waals surface area contributed by atoms with E-state index in [0.717, 1.165) is 5.52 Å². The standard InChI is InChI=1S/C14H10ClN3O/c15-10-5-1-2-6-11(10)18-14(19)9-4-3-7-12-13(9)17-8-16-12/h1-8H,(H,16,17)(H,18,19). The maximum atomic E-state index is 12.3. The van der Waals surface area contributed by atoms with Crippen LogP contribution < -0.4 is 5.32 Å².